The SMILES string of the molecule is [c]1ccc(OC2CCCCC2)cc1. The van der Waals surface area contributed by atoms with Crippen LogP contribution in [0, 0.1) is 6.07 Å². The summed E-state index contributed by atoms with van der Waals surface area (Å²) in [4.78, 5) is 0. The quantitative estimate of drug-likeness (QED) is 0.670. The lowest BCUT2D eigenvalue weighted by molar-refractivity contribution is 0.155. The monoisotopic (exact) mass is 175 g/mol. The Kier molecular flexibility index (Phi) is 2.86. The van der Waals surface area contributed by atoms with Crippen molar-refractivity contribution in [3.63, 3.8) is 0 Å². The number of benzene rings is 1. The van der Waals surface area contributed by atoms with E-state index in [4.69, 9.17) is 4.74 Å². The summed E-state index contributed by atoms with van der Waals surface area (Å²) in [5, 5.41) is 0. The average Bonchev–Trinajstić information content (AvgIpc) is 2.21. The first-order valence-electron chi connectivity index (χ1n) is 5.08. The standard InChI is InChI=1S/C12H15O/c1-3-7-11(8-4-1)13-12-9-5-2-6-10-12/h5-6,9-11H,1,3-4,7-8H2. The molecule has 0 unspecified atom stereocenters. The van der Waals surface area contributed by atoms with Crippen molar-refractivity contribution < 1.29 is 4.74 Å². The van der Waals surface area contributed by atoms with E-state index in [1.54, 1.807) is 0 Å². The first-order valence-corrected chi connectivity index (χ1v) is 5.08. The Labute approximate surface area is 79.7 Å². The van der Waals surface area contributed by atoms with Gasteiger partial charge in [0.1, 0.15) is 5.75 Å². The number of hydrogen-bond donors (Lipinski definition) is 0. The molecule has 13 heavy (non-hydrogen) atoms. The highest BCUT2D eigenvalue weighted by Crippen LogP contribution is 2.22. The summed E-state index contributed by atoms with van der Waals surface area (Å²) in [7, 11) is 0. The molecule has 1 fully saturated rings. The lowest BCUT2D eigenvalue weighted by Crippen LogP contribution is -2.19. The maximum absolute atomic E-state index is 5.84. The Morgan fingerprint density at radius 2 is 1.77 bits per heavy atom. The molecule has 69 valence electrons. The van der Waals surface area contributed by atoms with Gasteiger partial charge in [0.15, 0.2) is 0 Å². The van der Waals surface area contributed by atoms with Gasteiger partial charge in [-0.05, 0) is 43.9 Å². The molecule has 0 aromatic heterocycles. The first kappa shape index (κ1) is 8.61. The second kappa shape index (κ2) is 4.31. The van der Waals surface area contributed by atoms with E-state index >= 15 is 0 Å². The zero-order valence-corrected chi connectivity index (χ0v) is 7.83. The van der Waals surface area contributed by atoms with E-state index < -0.39 is 0 Å². The van der Waals surface area contributed by atoms with Gasteiger partial charge in [-0.1, -0.05) is 18.6 Å². The van der Waals surface area contributed by atoms with Crippen molar-refractivity contribution >= 4 is 0 Å². The molecule has 1 saturated carbocycles. The van der Waals surface area contributed by atoms with Gasteiger partial charge in [-0.15, -0.1) is 0 Å². The molecule has 1 heteroatoms. The lowest BCUT2D eigenvalue weighted by atomic mass is 9.98. The van der Waals surface area contributed by atoms with Gasteiger partial charge < -0.3 is 4.74 Å². The molecule has 0 spiro atoms. The van der Waals surface area contributed by atoms with Gasteiger partial charge in [-0.2, -0.15) is 0 Å². The van der Waals surface area contributed by atoms with Crippen molar-refractivity contribution in [2.75, 3.05) is 0 Å². The van der Waals surface area contributed by atoms with Crippen LogP contribution in [0.1, 0.15) is 32.1 Å². The second-order valence-corrected chi connectivity index (χ2v) is 3.61. The van der Waals surface area contributed by atoms with Crippen LogP contribution in [-0.2, 0) is 0 Å². The Bertz CT molecular complexity index is 237. The third-order valence-electron chi connectivity index (χ3n) is 2.54. The van der Waals surface area contributed by atoms with Crippen LogP contribution in [0.2, 0.25) is 0 Å². The molecule has 1 aromatic rings. The number of ether oxygens (including phenoxy) is 1. The van der Waals surface area contributed by atoms with Crippen LogP contribution in [-0.4, -0.2) is 6.10 Å². The molecule has 1 radical (unpaired) electrons. The summed E-state index contributed by atoms with van der Waals surface area (Å²) in [5.74, 6) is 0.991. The smallest absolute Gasteiger partial charge is 0.119 e. The largest absolute Gasteiger partial charge is 0.490 e. The minimum Gasteiger partial charge on any atom is -0.490 e. The normalized spacial score (nSPS) is 18.5. The van der Waals surface area contributed by atoms with Crippen LogP contribution in [0.25, 0.3) is 0 Å². The fourth-order valence-electron chi connectivity index (χ4n) is 1.83. The maximum atomic E-state index is 5.84. The van der Waals surface area contributed by atoms with E-state index in [0.717, 1.165) is 5.75 Å². The van der Waals surface area contributed by atoms with Crippen LogP contribution >= 0.6 is 0 Å². The fraction of sp³-hybridized carbons (Fsp3) is 0.500. The van der Waals surface area contributed by atoms with Crippen molar-refractivity contribution in [3.05, 3.63) is 30.3 Å². The number of hydrogen-bond acceptors (Lipinski definition) is 1. The lowest BCUT2D eigenvalue weighted by Gasteiger charge is -2.22. The van der Waals surface area contributed by atoms with Crippen molar-refractivity contribution in [2.24, 2.45) is 0 Å². The van der Waals surface area contributed by atoms with Crippen LogP contribution in [0.3, 0.4) is 0 Å². The molecule has 1 nitrogen and oxygen atoms in total. The van der Waals surface area contributed by atoms with Gasteiger partial charge in [0.25, 0.3) is 0 Å². The topological polar surface area (TPSA) is 9.23 Å². The minimum absolute atomic E-state index is 0.455. The summed E-state index contributed by atoms with van der Waals surface area (Å²) in [6, 6.07) is 10.8. The van der Waals surface area contributed by atoms with E-state index in [2.05, 4.69) is 6.07 Å². The van der Waals surface area contributed by atoms with Crippen LogP contribution < -0.4 is 4.74 Å². The van der Waals surface area contributed by atoms with Gasteiger partial charge in [0.2, 0.25) is 0 Å². The van der Waals surface area contributed by atoms with E-state index in [9.17, 15) is 0 Å². The summed E-state index contributed by atoms with van der Waals surface area (Å²) >= 11 is 0. The highest BCUT2D eigenvalue weighted by molar-refractivity contribution is 5.20. The second-order valence-electron chi connectivity index (χ2n) is 3.61. The van der Waals surface area contributed by atoms with Crippen LogP contribution in [0.15, 0.2) is 24.3 Å². The number of rotatable bonds is 2. The van der Waals surface area contributed by atoms with E-state index in [1.165, 1.54) is 32.1 Å². The van der Waals surface area contributed by atoms with Gasteiger partial charge in [-0.3, -0.25) is 0 Å². The van der Waals surface area contributed by atoms with Crippen molar-refractivity contribution in [2.45, 2.75) is 38.2 Å². The molecule has 0 N–H and O–H groups in total. The molecule has 0 amide bonds. The van der Waals surface area contributed by atoms with Gasteiger partial charge in [-0.25, -0.2) is 0 Å². The van der Waals surface area contributed by atoms with Gasteiger partial charge >= 0.3 is 0 Å². The van der Waals surface area contributed by atoms with Crippen molar-refractivity contribution in [1.82, 2.24) is 0 Å². The molecule has 1 aliphatic rings. The molecule has 0 atom stereocenters. The molecule has 0 heterocycles. The van der Waals surface area contributed by atoms with Crippen LogP contribution in [0.5, 0.6) is 5.75 Å². The predicted octanol–water partition coefficient (Wildman–Crippen LogP) is 3.20. The van der Waals surface area contributed by atoms with E-state index in [1.807, 2.05) is 24.3 Å². The third kappa shape index (κ3) is 2.48. The molecule has 2 rings (SSSR count). The Morgan fingerprint density at radius 1 is 1.08 bits per heavy atom. The molecular weight excluding hydrogens is 160 g/mol. The van der Waals surface area contributed by atoms with E-state index in [-0.39, 0.29) is 0 Å². The fourth-order valence-corrected chi connectivity index (χ4v) is 1.83. The average molecular weight is 175 g/mol. The maximum Gasteiger partial charge on any atom is 0.119 e. The Balaban J connectivity index is 1.90. The summed E-state index contributed by atoms with van der Waals surface area (Å²) in [6.45, 7) is 0. The van der Waals surface area contributed by atoms with E-state index in [0.29, 0.717) is 6.10 Å². The zero-order chi connectivity index (χ0) is 8.93. The highest BCUT2D eigenvalue weighted by atomic mass is 16.5. The van der Waals surface area contributed by atoms with Crippen molar-refractivity contribution in [1.29, 1.82) is 0 Å². The minimum atomic E-state index is 0.455. The predicted molar refractivity (Wildman–Crippen MR) is 52.8 cm³/mol. The third-order valence-corrected chi connectivity index (χ3v) is 2.54. The molecule has 1 aliphatic carbocycles. The molecule has 1 aromatic carbocycles. The van der Waals surface area contributed by atoms with Gasteiger partial charge in [0, 0.05) is 0 Å². The molecule has 0 saturated heterocycles. The molecular formula is C12H15O. The van der Waals surface area contributed by atoms with Crippen molar-refractivity contribution in [3.8, 4) is 5.75 Å². The Morgan fingerprint density at radius 3 is 2.46 bits per heavy atom. The molecule has 0 aliphatic heterocycles. The zero-order valence-electron chi connectivity index (χ0n) is 7.83. The highest BCUT2D eigenvalue weighted by Gasteiger charge is 2.14. The molecule has 0 bridgehead atoms. The van der Waals surface area contributed by atoms with Crippen LogP contribution in [0.4, 0.5) is 0 Å². The summed E-state index contributed by atoms with van der Waals surface area (Å²) in [6.07, 6.45) is 6.92. The summed E-state index contributed by atoms with van der Waals surface area (Å²) in [5.41, 5.74) is 0. The summed E-state index contributed by atoms with van der Waals surface area (Å²) < 4.78 is 5.84. The van der Waals surface area contributed by atoms with Gasteiger partial charge in [0.05, 0.1) is 6.10 Å². The Hall–Kier alpha value is -0.980. The first-order chi connectivity index (χ1) is 6.45.